The molecule has 0 saturated carbocycles. The summed E-state index contributed by atoms with van der Waals surface area (Å²) < 4.78 is 2.32. The van der Waals surface area contributed by atoms with Crippen LogP contribution < -0.4 is 5.32 Å². The highest BCUT2D eigenvalue weighted by atomic mass is 32.1. The van der Waals surface area contributed by atoms with Crippen molar-refractivity contribution in [2.24, 2.45) is 5.92 Å². The van der Waals surface area contributed by atoms with Gasteiger partial charge in [0, 0.05) is 41.3 Å². The van der Waals surface area contributed by atoms with Gasteiger partial charge >= 0.3 is 0 Å². The third-order valence-corrected chi connectivity index (χ3v) is 7.03. The largest absolute Gasteiger partial charge is 0.356 e. The summed E-state index contributed by atoms with van der Waals surface area (Å²) in [4.78, 5) is 27.9. The summed E-state index contributed by atoms with van der Waals surface area (Å²) in [6, 6.07) is 10.4. The fourth-order valence-corrected chi connectivity index (χ4v) is 5.46. The van der Waals surface area contributed by atoms with Crippen LogP contribution in [0.1, 0.15) is 43.6 Å². The zero-order valence-electron chi connectivity index (χ0n) is 17.4. The summed E-state index contributed by atoms with van der Waals surface area (Å²) in [7, 11) is 0. The first-order valence-corrected chi connectivity index (χ1v) is 11.3. The topological polar surface area (TPSA) is 54.3 Å². The fraction of sp³-hybridized carbons (Fsp3) is 0.333. The molecule has 1 aromatic carbocycles. The number of carbonyl (C=O) groups is 2. The van der Waals surface area contributed by atoms with E-state index in [-0.39, 0.29) is 17.7 Å². The van der Waals surface area contributed by atoms with Crippen molar-refractivity contribution in [3.05, 3.63) is 63.6 Å². The number of thiophene rings is 1. The Labute approximate surface area is 180 Å². The number of aryl methyl sites for hydroxylation is 1. The first kappa shape index (κ1) is 19.1. The number of anilines is 1. The van der Waals surface area contributed by atoms with Gasteiger partial charge in [0.25, 0.3) is 5.91 Å². The molecule has 2 aliphatic rings. The Hall–Kier alpha value is -2.86. The molecule has 0 saturated heterocycles. The van der Waals surface area contributed by atoms with Crippen LogP contribution in [0.25, 0.3) is 10.9 Å². The van der Waals surface area contributed by atoms with Crippen LogP contribution in [-0.2, 0) is 16.1 Å². The lowest BCUT2D eigenvalue weighted by atomic mass is 9.89. The van der Waals surface area contributed by atoms with Crippen molar-refractivity contribution in [2.75, 3.05) is 11.9 Å². The fourth-order valence-electron chi connectivity index (χ4n) is 4.61. The third kappa shape index (κ3) is 2.89. The average Bonchev–Trinajstić information content (AvgIpc) is 3.40. The Morgan fingerprint density at radius 3 is 2.80 bits per heavy atom. The quantitative estimate of drug-likeness (QED) is 0.651. The highest BCUT2D eigenvalue weighted by Crippen LogP contribution is 2.47. The number of amides is 2. The number of hydrogen-bond acceptors (Lipinski definition) is 4. The van der Waals surface area contributed by atoms with E-state index < -0.39 is 0 Å². The lowest BCUT2D eigenvalue weighted by Gasteiger charge is -2.18. The summed E-state index contributed by atoms with van der Waals surface area (Å²) in [6.07, 6.45) is 3.32. The zero-order chi connectivity index (χ0) is 21.0. The molecule has 0 aliphatic carbocycles. The molecule has 0 spiro atoms. The van der Waals surface area contributed by atoms with Gasteiger partial charge in [-0.05, 0) is 41.5 Å². The number of aromatic nitrogens is 1. The van der Waals surface area contributed by atoms with Crippen molar-refractivity contribution in [3.63, 3.8) is 0 Å². The van der Waals surface area contributed by atoms with Crippen molar-refractivity contribution in [2.45, 2.75) is 39.7 Å². The van der Waals surface area contributed by atoms with Crippen LogP contribution in [-0.4, -0.2) is 27.8 Å². The van der Waals surface area contributed by atoms with E-state index in [0.717, 1.165) is 34.8 Å². The Bertz CT molecular complexity index is 1190. The molecular weight excluding hydrogens is 394 g/mol. The van der Waals surface area contributed by atoms with Crippen molar-refractivity contribution in [1.29, 1.82) is 0 Å². The predicted molar refractivity (Wildman–Crippen MR) is 121 cm³/mol. The molecule has 1 atom stereocenters. The SMILES string of the molecule is CC(=O)N1CC2=C(C1=O)[C@H](c1cccs1)c1cn(CCC(C)C)c3cccc(c13)N2. The number of hydrogen-bond donors (Lipinski definition) is 1. The van der Waals surface area contributed by atoms with Crippen molar-refractivity contribution >= 4 is 39.7 Å². The molecule has 3 aromatic rings. The minimum atomic E-state index is -0.215. The van der Waals surface area contributed by atoms with E-state index in [0.29, 0.717) is 18.0 Å². The number of carbonyl (C=O) groups excluding carboxylic acids is 2. The Kier molecular flexibility index (Phi) is 4.54. The van der Waals surface area contributed by atoms with Gasteiger partial charge in [0.1, 0.15) is 0 Å². The maximum atomic E-state index is 13.3. The number of imide groups is 1. The van der Waals surface area contributed by atoms with E-state index in [2.05, 4.69) is 59.6 Å². The molecule has 0 unspecified atom stereocenters. The van der Waals surface area contributed by atoms with Gasteiger partial charge in [-0.1, -0.05) is 26.0 Å². The van der Waals surface area contributed by atoms with Crippen LogP contribution >= 0.6 is 11.3 Å². The van der Waals surface area contributed by atoms with E-state index in [1.165, 1.54) is 22.7 Å². The Balaban J connectivity index is 1.73. The van der Waals surface area contributed by atoms with E-state index in [1.807, 2.05) is 6.07 Å². The van der Waals surface area contributed by atoms with Crippen LogP contribution in [0.3, 0.4) is 0 Å². The molecule has 2 amide bonds. The van der Waals surface area contributed by atoms with Gasteiger partial charge in [-0.15, -0.1) is 11.3 Å². The first-order valence-electron chi connectivity index (χ1n) is 10.4. The summed E-state index contributed by atoms with van der Waals surface area (Å²) in [5, 5.41) is 6.75. The summed E-state index contributed by atoms with van der Waals surface area (Å²) in [5.41, 5.74) is 4.88. The second kappa shape index (κ2) is 7.13. The van der Waals surface area contributed by atoms with Gasteiger partial charge in [0.2, 0.25) is 5.91 Å². The molecule has 154 valence electrons. The zero-order valence-corrected chi connectivity index (χ0v) is 18.3. The molecule has 2 aliphatic heterocycles. The number of benzene rings is 1. The van der Waals surface area contributed by atoms with Crippen molar-refractivity contribution < 1.29 is 9.59 Å². The van der Waals surface area contributed by atoms with E-state index in [1.54, 1.807) is 11.3 Å². The van der Waals surface area contributed by atoms with Gasteiger partial charge in [-0.25, -0.2) is 0 Å². The maximum Gasteiger partial charge on any atom is 0.259 e. The number of nitrogens with zero attached hydrogens (tertiary/aromatic N) is 2. The molecule has 2 aromatic heterocycles. The Morgan fingerprint density at radius 2 is 2.10 bits per heavy atom. The molecule has 4 heterocycles. The van der Waals surface area contributed by atoms with Crippen LogP contribution in [0.5, 0.6) is 0 Å². The van der Waals surface area contributed by atoms with Crippen LogP contribution in [0.2, 0.25) is 0 Å². The lowest BCUT2D eigenvalue weighted by Crippen LogP contribution is -2.33. The van der Waals surface area contributed by atoms with E-state index in [9.17, 15) is 9.59 Å². The maximum absolute atomic E-state index is 13.3. The van der Waals surface area contributed by atoms with E-state index >= 15 is 0 Å². The lowest BCUT2D eigenvalue weighted by molar-refractivity contribution is -0.139. The summed E-state index contributed by atoms with van der Waals surface area (Å²) in [5.74, 6) is 0.0471. The highest BCUT2D eigenvalue weighted by Gasteiger charge is 2.41. The standard InChI is InChI=1S/C24H25N3O2S/c1-14(2)9-10-26-12-16-21-17(6-4-7-19(21)26)25-18-13-27(15(3)28)24(29)23(18)22(16)20-8-5-11-30-20/h4-8,11-12,14,22,25H,9-10,13H2,1-3H3/t22-/m0/s1. The molecule has 1 N–H and O–H groups in total. The second-order valence-electron chi connectivity index (χ2n) is 8.54. The summed E-state index contributed by atoms with van der Waals surface area (Å²) >= 11 is 1.66. The van der Waals surface area contributed by atoms with E-state index in [4.69, 9.17) is 0 Å². The third-order valence-electron chi connectivity index (χ3n) is 6.09. The van der Waals surface area contributed by atoms with Gasteiger partial charge in [-0.2, -0.15) is 0 Å². The number of rotatable bonds is 4. The monoisotopic (exact) mass is 419 g/mol. The number of nitrogens with one attached hydrogen (secondary N) is 1. The summed E-state index contributed by atoms with van der Waals surface area (Å²) in [6.45, 7) is 7.18. The van der Waals surface area contributed by atoms with Gasteiger partial charge in [-0.3, -0.25) is 14.5 Å². The van der Waals surface area contributed by atoms with Crippen molar-refractivity contribution in [1.82, 2.24) is 9.47 Å². The predicted octanol–water partition coefficient (Wildman–Crippen LogP) is 4.95. The minimum absolute atomic E-state index is 0.171. The van der Waals surface area contributed by atoms with Crippen molar-refractivity contribution in [3.8, 4) is 0 Å². The first-order chi connectivity index (χ1) is 14.5. The molecule has 5 nitrogen and oxygen atoms in total. The van der Waals surface area contributed by atoms with Crippen LogP contribution in [0.15, 0.2) is 53.2 Å². The molecule has 0 bridgehead atoms. The van der Waals surface area contributed by atoms with Gasteiger partial charge in [0.15, 0.2) is 0 Å². The molecule has 0 radical (unpaired) electrons. The van der Waals surface area contributed by atoms with Crippen LogP contribution in [0.4, 0.5) is 5.69 Å². The Morgan fingerprint density at radius 1 is 1.27 bits per heavy atom. The molecule has 6 heteroatoms. The smallest absolute Gasteiger partial charge is 0.259 e. The molecule has 5 rings (SSSR count). The van der Waals surface area contributed by atoms with Gasteiger partial charge in [0.05, 0.1) is 23.6 Å². The normalized spacial score (nSPS) is 18.2. The highest BCUT2D eigenvalue weighted by molar-refractivity contribution is 7.10. The molecule has 30 heavy (non-hydrogen) atoms. The molecule has 0 fully saturated rings. The van der Waals surface area contributed by atoms with Gasteiger partial charge < -0.3 is 9.88 Å². The average molecular weight is 420 g/mol. The molecular formula is C24H25N3O2S. The second-order valence-corrected chi connectivity index (χ2v) is 9.52. The minimum Gasteiger partial charge on any atom is -0.356 e. The van der Waals surface area contributed by atoms with Crippen LogP contribution in [0, 0.1) is 5.92 Å².